The summed E-state index contributed by atoms with van der Waals surface area (Å²) < 4.78 is 0. The van der Waals surface area contributed by atoms with Gasteiger partial charge in [-0.25, -0.2) is 0 Å². The van der Waals surface area contributed by atoms with Crippen LogP contribution in [0.3, 0.4) is 0 Å². The van der Waals surface area contributed by atoms with Crippen molar-refractivity contribution in [3.63, 3.8) is 0 Å². The van der Waals surface area contributed by atoms with E-state index in [2.05, 4.69) is 44.5 Å². The molecule has 0 aromatic rings. The molecule has 0 N–H and O–H groups in total. The van der Waals surface area contributed by atoms with E-state index in [-0.39, 0.29) is 5.41 Å². The van der Waals surface area contributed by atoms with Crippen molar-refractivity contribution in [1.29, 1.82) is 0 Å². The molecule has 0 radical (unpaired) electrons. The molecule has 3 nitrogen and oxygen atoms in total. The predicted octanol–water partition coefficient (Wildman–Crippen LogP) is 2.22. The number of hydrogen-bond acceptors (Lipinski definition) is 2. The molecule has 2 aliphatic rings. The van der Waals surface area contributed by atoms with Gasteiger partial charge in [-0.3, -0.25) is 4.79 Å². The van der Waals surface area contributed by atoms with Gasteiger partial charge in [0.2, 0.25) is 5.91 Å². The van der Waals surface area contributed by atoms with Crippen LogP contribution in [-0.2, 0) is 4.79 Å². The van der Waals surface area contributed by atoms with E-state index in [9.17, 15) is 4.79 Å². The first-order valence-electron chi connectivity index (χ1n) is 7.38. The monoisotopic (exact) mass is 252 g/mol. The summed E-state index contributed by atoms with van der Waals surface area (Å²) in [4.78, 5) is 17.1. The van der Waals surface area contributed by atoms with Crippen molar-refractivity contribution in [2.24, 2.45) is 17.3 Å². The zero-order valence-corrected chi connectivity index (χ0v) is 12.6. The normalized spacial score (nSPS) is 28.3. The fraction of sp³-hybridized carbons (Fsp3) is 0.933. The maximum Gasteiger partial charge on any atom is 0.231 e. The Bertz CT molecular complexity index is 316. The van der Waals surface area contributed by atoms with E-state index in [1.807, 2.05) is 0 Å². The third kappa shape index (κ3) is 2.07. The van der Waals surface area contributed by atoms with Gasteiger partial charge < -0.3 is 9.80 Å². The number of piperidine rings is 1. The number of nitrogens with zero attached hydrogens (tertiary/aromatic N) is 2. The standard InChI is InChI=1S/C15H28N2O/c1-11(2)10-17-13(12(3)4)15(14(17)18)6-8-16(5)9-7-15/h11-13H,6-10H2,1-5H3. The number of likely N-dealkylation sites (tertiary alicyclic amines) is 2. The highest BCUT2D eigenvalue weighted by Crippen LogP contribution is 2.50. The Balaban J connectivity index is 2.14. The van der Waals surface area contributed by atoms with E-state index in [0.29, 0.717) is 23.8 Å². The summed E-state index contributed by atoms with van der Waals surface area (Å²) in [7, 11) is 2.16. The van der Waals surface area contributed by atoms with Gasteiger partial charge in [0, 0.05) is 12.6 Å². The van der Waals surface area contributed by atoms with E-state index in [1.165, 1.54) is 0 Å². The van der Waals surface area contributed by atoms with Crippen LogP contribution in [0.25, 0.3) is 0 Å². The number of carbonyl (C=O) groups is 1. The Morgan fingerprint density at radius 1 is 1.22 bits per heavy atom. The SMILES string of the molecule is CC(C)CN1C(=O)C2(CCN(C)CC2)C1C(C)C. The van der Waals surface area contributed by atoms with Crippen molar-refractivity contribution in [3.05, 3.63) is 0 Å². The molecule has 18 heavy (non-hydrogen) atoms. The lowest BCUT2D eigenvalue weighted by atomic mass is 9.61. The summed E-state index contributed by atoms with van der Waals surface area (Å²) in [6, 6.07) is 0.473. The third-order valence-electron chi connectivity index (χ3n) is 4.66. The summed E-state index contributed by atoms with van der Waals surface area (Å²) >= 11 is 0. The molecule has 1 atom stereocenters. The molecule has 1 unspecified atom stereocenters. The van der Waals surface area contributed by atoms with Gasteiger partial charge >= 0.3 is 0 Å². The summed E-state index contributed by atoms with van der Waals surface area (Å²) in [5, 5.41) is 0. The minimum absolute atomic E-state index is 0.0183. The average Bonchev–Trinajstić information content (AvgIpc) is 2.29. The van der Waals surface area contributed by atoms with Gasteiger partial charge in [0.05, 0.1) is 5.41 Å². The summed E-state index contributed by atoms with van der Waals surface area (Å²) in [5.74, 6) is 1.58. The van der Waals surface area contributed by atoms with E-state index in [0.717, 1.165) is 32.5 Å². The lowest BCUT2D eigenvalue weighted by molar-refractivity contribution is -0.185. The van der Waals surface area contributed by atoms with E-state index < -0.39 is 0 Å². The second kappa shape index (κ2) is 4.84. The molecule has 2 aliphatic heterocycles. The number of rotatable bonds is 3. The van der Waals surface area contributed by atoms with Gasteiger partial charge in [-0.05, 0) is 44.8 Å². The lowest BCUT2D eigenvalue weighted by Gasteiger charge is -2.61. The quantitative estimate of drug-likeness (QED) is 0.719. The Hall–Kier alpha value is -0.570. The zero-order chi connectivity index (χ0) is 13.5. The number of amides is 1. The van der Waals surface area contributed by atoms with Gasteiger partial charge in [0.15, 0.2) is 0 Å². The van der Waals surface area contributed by atoms with Gasteiger partial charge in [0.25, 0.3) is 0 Å². The Morgan fingerprint density at radius 2 is 1.78 bits per heavy atom. The average molecular weight is 252 g/mol. The smallest absolute Gasteiger partial charge is 0.231 e. The topological polar surface area (TPSA) is 23.6 Å². The molecule has 2 heterocycles. The predicted molar refractivity (Wildman–Crippen MR) is 74.3 cm³/mol. The molecule has 0 bridgehead atoms. The van der Waals surface area contributed by atoms with Crippen LogP contribution in [0.5, 0.6) is 0 Å². The Morgan fingerprint density at radius 3 is 2.22 bits per heavy atom. The fourth-order valence-corrected chi connectivity index (χ4v) is 3.89. The molecule has 2 fully saturated rings. The summed E-state index contributed by atoms with van der Waals surface area (Å²) in [6.45, 7) is 12.0. The maximum atomic E-state index is 12.6. The highest BCUT2D eigenvalue weighted by molar-refractivity contribution is 5.90. The number of β-lactam (4-membered cyclic amide) rings is 1. The van der Waals surface area contributed by atoms with Crippen molar-refractivity contribution in [2.75, 3.05) is 26.7 Å². The van der Waals surface area contributed by atoms with E-state index in [1.54, 1.807) is 0 Å². The second-order valence-corrected chi connectivity index (χ2v) is 7.00. The van der Waals surface area contributed by atoms with Crippen molar-refractivity contribution >= 4 is 5.91 Å². The first-order chi connectivity index (χ1) is 8.38. The van der Waals surface area contributed by atoms with Crippen molar-refractivity contribution < 1.29 is 4.79 Å². The first kappa shape index (κ1) is 13.9. The van der Waals surface area contributed by atoms with Crippen molar-refractivity contribution in [2.45, 2.75) is 46.6 Å². The summed E-state index contributed by atoms with van der Waals surface area (Å²) in [5.41, 5.74) is -0.0183. The van der Waals surface area contributed by atoms with Gasteiger partial charge in [-0.15, -0.1) is 0 Å². The van der Waals surface area contributed by atoms with Crippen LogP contribution in [0, 0.1) is 17.3 Å². The highest BCUT2D eigenvalue weighted by atomic mass is 16.2. The van der Waals surface area contributed by atoms with Crippen LogP contribution >= 0.6 is 0 Å². The van der Waals surface area contributed by atoms with Crippen LogP contribution < -0.4 is 0 Å². The minimum Gasteiger partial charge on any atom is -0.338 e. The second-order valence-electron chi connectivity index (χ2n) is 7.00. The van der Waals surface area contributed by atoms with Crippen molar-refractivity contribution in [3.8, 4) is 0 Å². The Labute approximate surface area is 112 Å². The molecule has 1 amide bonds. The van der Waals surface area contributed by atoms with Gasteiger partial charge in [-0.1, -0.05) is 27.7 Å². The Kier molecular flexibility index (Phi) is 3.72. The third-order valence-corrected chi connectivity index (χ3v) is 4.66. The molecule has 1 spiro atoms. The van der Waals surface area contributed by atoms with Crippen LogP contribution in [0.2, 0.25) is 0 Å². The van der Waals surface area contributed by atoms with Crippen molar-refractivity contribution in [1.82, 2.24) is 9.80 Å². The minimum atomic E-state index is -0.0183. The lowest BCUT2D eigenvalue weighted by Crippen LogP contribution is -2.73. The van der Waals surface area contributed by atoms with Crippen LogP contribution in [0.4, 0.5) is 0 Å². The fourth-order valence-electron chi connectivity index (χ4n) is 3.89. The molecule has 0 aromatic heterocycles. The first-order valence-corrected chi connectivity index (χ1v) is 7.38. The molecular weight excluding hydrogens is 224 g/mol. The molecule has 104 valence electrons. The van der Waals surface area contributed by atoms with Gasteiger partial charge in [-0.2, -0.15) is 0 Å². The summed E-state index contributed by atoms with van der Waals surface area (Å²) in [6.07, 6.45) is 2.11. The van der Waals surface area contributed by atoms with Crippen LogP contribution in [-0.4, -0.2) is 48.4 Å². The molecule has 0 aromatic carbocycles. The highest BCUT2D eigenvalue weighted by Gasteiger charge is 2.61. The maximum absolute atomic E-state index is 12.6. The molecule has 0 saturated carbocycles. The molecular formula is C15H28N2O. The molecule has 2 saturated heterocycles. The largest absolute Gasteiger partial charge is 0.338 e. The van der Waals surface area contributed by atoms with E-state index >= 15 is 0 Å². The molecule has 0 aliphatic carbocycles. The van der Waals surface area contributed by atoms with Gasteiger partial charge in [0.1, 0.15) is 0 Å². The number of carbonyl (C=O) groups excluding carboxylic acids is 1. The zero-order valence-electron chi connectivity index (χ0n) is 12.6. The number of hydrogen-bond donors (Lipinski definition) is 0. The molecule has 2 rings (SSSR count). The molecule has 3 heteroatoms. The van der Waals surface area contributed by atoms with Crippen LogP contribution in [0.1, 0.15) is 40.5 Å². The van der Waals surface area contributed by atoms with Crippen LogP contribution in [0.15, 0.2) is 0 Å². The van der Waals surface area contributed by atoms with E-state index in [4.69, 9.17) is 0 Å².